The third-order valence-corrected chi connectivity index (χ3v) is 3.34. The van der Waals surface area contributed by atoms with Crippen molar-refractivity contribution >= 4 is 29.1 Å². The molecule has 114 valence electrons. The lowest BCUT2D eigenvalue weighted by Crippen LogP contribution is -2.24. The average Bonchev–Trinajstić information content (AvgIpc) is 2.97. The van der Waals surface area contributed by atoms with Crippen molar-refractivity contribution in [2.75, 3.05) is 0 Å². The molecule has 0 aliphatic carbocycles. The van der Waals surface area contributed by atoms with E-state index in [4.69, 9.17) is 16.3 Å². The lowest BCUT2D eigenvalue weighted by molar-refractivity contribution is 0.0314. The topological polar surface area (TPSA) is 76.2 Å². The van der Waals surface area contributed by atoms with Gasteiger partial charge in [0.25, 0.3) is 0 Å². The average molecular weight is 320 g/mol. The lowest BCUT2D eigenvalue weighted by atomic mass is 10.1. The molecule has 0 unspecified atom stereocenters. The number of carbonyl (C=O) groups excluding carboxylic acids is 3. The number of nitrogens with one attached hydrogen (secondary N) is 1. The summed E-state index contributed by atoms with van der Waals surface area (Å²) < 4.78 is 5.11. The second-order valence-electron chi connectivity index (χ2n) is 4.78. The van der Waals surface area contributed by atoms with E-state index in [9.17, 15) is 14.4 Å². The van der Waals surface area contributed by atoms with Crippen molar-refractivity contribution in [1.82, 2.24) is 4.98 Å². The van der Waals surface area contributed by atoms with Crippen molar-refractivity contribution in [2.45, 2.75) is 20.0 Å². The number of rotatable bonds is 5. The first-order chi connectivity index (χ1) is 10.4. The molecule has 22 heavy (non-hydrogen) atoms. The predicted octanol–water partition coefficient (Wildman–Crippen LogP) is 3.30. The standard InChI is InChI=1S/C16H14ClNO4/c1-9(19)12-7-14(18-8-12)16(21)22-10(2)15(20)11-3-5-13(17)6-4-11/h3-8,10,18H,1-2H3/t10-/m0/s1. The van der Waals surface area contributed by atoms with E-state index in [1.54, 1.807) is 24.3 Å². The van der Waals surface area contributed by atoms with E-state index in [0.717, 1.165) is 0 Å². The van der Waals surface area contributed by atoms with Crippen molar-refractivity contribution in [3.63, 3.8) is 0 Å². The molecule has 1 aromatic carbocycles. The normalized spacial score (nSPS) is 11.8. The number of halogens is 1. The molecular formula is C16H14ClNO4. The van der Waals surface area contributed by atoms with Gasteiger partial charge in [0.15, 0.2) is 11.9 Å². The maximum Gasteiger partial charge on any atom is 0.355 e. The Bertz CT molecular complexity index is 718. The van der Waals surface area contributed by atoms with Crippen LogP contribution in [-0.2, 0) is 4.74 Å². The second-order valence-corrected chi connectivity index (χ2v) is 5.21. The molecule has 2 aromatic rings. The van der Waals surface area contributed by atoms with Crippen molar-refractivity contribution in [3.05, 3.63) is 58.4 Å². The molecule has 0 fully saturated rings. The first kappa shape index (κ1) is 16.0. The van der Waals surface area contributed by atoms with Gasteiger partial charge in [-0.05, 0) is 44.2 Å². The summed E-state index contributed by atoms with van der Waals surface area (Å²) >= 11 is 5.76. The molecule has 0 saturated heterocycles. The van der Waals surface area contributed by atoms with Crippen LogP contribution in [0.15, 0.2) is 36.5 Å². The van der Waals surface area contributed by atoms with Crippen LogP contribution in [0.4, 0.5) is 0 Å². The van der Waals surface area contributed by atoms with Gasteiger partial charge in [0, 0.05) is 22.3 Å². The highest BCUT2D eigenvalue weighted by atomic mass is 35.5. The summed E-state index contributed by atoms with van der Waals surface area (Å²) in [6.45, 7) is 2.88. The van der Waals surface area contributed by atoms with Crippen molar-refractivity contribution < 1.29 is 19.1 Å². The van der Waals surface area contributed by atoms with Crippen molar-refractivity contribution in [3.8, 4) is 0 Å². The Kier molecular flexibility index (Phi) is 4.78. The number of aromatic amines is 1. The zero-order chi connectivity index (χ0) is 16.3. The fourth-order valence-electron chi connectivity index (χ4n) is 1.84. The highest BCUT2D eigenvalue weighted by molar-refractivity contribution is 6.30. The SMILES string of the molecule is CC(=O)c1c[nH]c(C(=O)O[C@@H](C)C(=O)c2ccc(Cl)cc2)c1. The summed E-state index contributed by atoms with van der Waals surface area (Å²) in [4.78, 5) is 37.9. The monoisotopic (exact) mass is 319 g/mol. The molecule has 0 amide bonds. The van der Waals surface area contributed by atoms with Gasteiger partial charge in [-0.25, -0.2) is 4.79 Å². The predicted molar refractivity (Wildman–Crippen MR) is 81.5 cm³/mol. The molecule has 5 nitrogen and oxygen atoms in total. The van der Waals surface area contributed by atoms with Crippen molar-refractivity contribution in [1.29, 1.82) is 0 Å². The van der Waals surface area contributed by atoms with Crippen LogP contribution >= 0.6 is 11.6 Å². The Morgan fingerprint density at radius 2 is 1.77 bits per heavy atom. The molecule has 0 saturated carbocycles. The molecule has 1 heterocycles. The zero-order valence-electron chi connectivity index (χ0n) is 12.1. The number of ketones is 2. The Labute approximate surface area is 132 Å². The Morgan fingerprint density at radius 3 is 2.32 bits per heavy atom. The summed E-state index contributed by atoms with van der Waals surface area (Å²) in [6, 6.07) is 7.71. The van der Waals surface area contributed by atoms with Gasteiger partial charge in [-0.15, -0.1) is 0 Å². The van der Waals surface area contributed by atoms with Gasteiger partial charge in [-0.1, -0.05) is 11.6 Å². The highest BCUT2D eigenvalue weighted by Gasteiger charge is 2.21. The molecule has 2 rings (SSSR count). The van der Waals surface area contributed by atoms with Crippen LogP contribution in [0.5, 0.6) is 0 Å². The Hall–Kier alpha value is -2.40. The summed E-state index contributed by atoms with van der Waals surface area (Å²) in [6.07, 6.45) is 0.475. The molecule has 1 atom stereocenters. The van der Waals surface area contributed by atoms with E-state index in [0.29, 0.717) is 16.1 Å². The number of esters is 1. The molecule has 1 aromatic heterocycles. The molecule has 6 heteroatoms. The molecule has 1 N–H and O–H groups in total. The van der Waals surface area contributed by atoms with Gasteiger partial charge >= 0.3 is 5.97 Å². The van der Waals surface area contributed by atoms with E-state index in [-0.39, 0.29) is 17.3 Å². The van der Waals surface area contributed by atoms with Crippen molar-refractivity contribution in [2.24, 2.45) is 0 Å². The molecule has 0 bridgehead atoms. The summed E-state index contributed by atoms with van der Waals surface area (Å²) in [5.41, 5.74) is 0.908. The number of ether oxygens (including phenoxy) is 1. The summed E-state index contributed by atoms with van der Waals surface area (Å²) in [5, 5.41) is 0.518. The van der Waals surface area contributed by atoms with Gasteiger partial charge in [0.1, 0.15) is 5.69 Å². The van der Waals surface area contributed by atoms with E-state index >= 15 is 0 Å². The molecule has 0 aliphatic heterocycles. The van der Waals surface area contributed by atoms with Crippen LogP contribution in [0.2, 0.25) is 5.02 Å². The van der Waals surface area contributed by atoms with Gasteiger partial charge in [0.2, 0.25) is 5.78 Å². The number of H-pyrrole nitrogens is 1. The smallest absolute Gasteiger partial charge is 0.355 e. The molecule has 0 spiro atoms. The third-order valence-electron chi connectivity index (χ3n) is 3.09. The first-order valence-corrected chi connectivity index (χ1v) is 6.96. The summed E-state index contributed by atoms with van der Waals surface area (Å²) in [7, 11) is 0. The fourth-order valence-corrected chi connectivity index (χ4v) is 1.97. The van der Waals surface area contributed by atoms with Crippen LogP contribution in [0.1, 0.15) is 45.1 Å². The minimum Gasteiger partial charge on any atom is -0.450 e. The fraction of sp³-hybridized carbons (Fsp3) is 0.188. The van der Waals surface area contributed by atoms with Crippen LogP contribution in [-0.4, -0.2) is 28.6 Å². The molecule has 0 radical (unpaired) electrons. The number of hydrogen-bond acceptors (Lipinski definition) is 4. The second kappa shape index (κ2) is 6.58. The maximum atomic E-state index is 12.2. The maximum absolute atomic E-state index is 12.2. The molecule has 0 aliphatic rings. The van der Waals surface area contributed by atoms with E-state index < -0.39 is 12.1 Å². The zero-order valence-corrected chi connectivity index (χ0v) is 12.8. The Balaban J connectivity index is 2.05. The molecular weight excluding hydrogens is 306 g/mol. The first-order valence-electron chi connectivity index (χ1n) is 6.58. The number of carbonyl (C=O) groups is 3. The van der Waals surface area contributed by atoms with E-state index in [2.05, 4.69) is 4.98 Å². The number of benzene rings is 1. The highest BCUT2D eigenvalue weighted by Crippen LogP contribution is 2.14. The van der Waals surface area contributed by atoms with Crippen LogP contribution in [0.3, 0.4) is 0 Å². The Morgan fingerprint density at radius 1 is 1.14 bits per heavy atom. The quantitative estimate of drug-likeness (QED) is 0.677. The lowest BCUT2D eigenvalue weighted by Gasteiger charge is -2.11. The van der Waals surface area contributed by atoms with Gasteiger partial charge in [-0.3, -0.25) is 9.59 Å². The van der Waals surface area contributed by atoms with E-state index in [1.165, 1.54) is 26.1 Å². The van der Waals surface area contributed by atoms with Gasteiger partial charge in [-0.2, -0.15) is 0 Å². The van der Waals surface area contributed by atoms with Gasteiger partial charge < -0.3 is 9.72 Å². The largest absolute Gasteiger partial charge is 0.450 e. The minimum atomic E-state index is -0.947. The number of aromatic nitrogens is 1. The number of hydrogen-bond donors (Lipinski definition) is 1. The van der Waals surface area contributed by atoms with E-state index in [1.807, 2.05) is 0 Å². The van der Waals surface area contributed by atoms with Crippen LogP contribution in [0.25, 0.3) is 0 Å². The van der Waals surface area contributed by atoms with Gasteiger partial charge in [0.05, 0.1) is 0 Å². The minimum absolute atomic E-state index is 0.126. The summed E-state index contributed by atoms with van der Waals surface area (Å²) in [5.74, 6) is -1.19. The van der Waals surface area contributed by atoms with Crippen LogP contribution < -0.4 is 0 Å². The third kappa shape index (κ3) is 3.62. The van der Waals surface area contributed by atoms with Crippen LogP contribution in [0, 0.1) is 0 Å². The number of Topliss-reactive ketones (excluding diaryl/α,β-unsaturated/α-hetero) is 2.